The summed E-state index contributed by atoms with van der Waals surface area (Å²) >= 11 is 3.38. The minimum Gasteiger partial charge on any atom is -0.332 e. The van der Waals surface area contributed by atoms with E-state index >= 15 is 0 Å². The zero-order chi connectivity index (χ0) is 19.3. The van der Waals surface area contributed by atoms with Crippen molar-refractivity contribution in [2.45, 2.75) is 15.8 Å². The summed E-state index contributed by atoms with van der Waals surface area (Å²) in [6.45, 7) is 0. The number of H-pyrrole nitrogens is 1. The highest BCUT2D eigenvalue weighted by molar-refractivity contribution is 7.98. The summed E-state index contributed by atoms with van der Waals surface area (Å²) < 4.78 is 13.4. The average Bonchev–Trinajstić information content (AvgIpc) is 3.18. The van der Waals surface area contributed by atoms with Crippen molar-refractivity contribution in [3.8, 4) is 22.6 Å². The second kappa shape index (κ2) is 8.63. The number of nitrogens with zero attached hydrogens (tertiary/aromatic N) is 2. The Morgan fingerprint density at radius 1 is 1.00 bits per heavy atom. The second-order valence-corrected chi connectivity index (χ2v) is 7.97. The van der Waals surface area contributed by atoms with Crippen LogP contribution in [0.25, 0.3) is 22.6 Å². The standard InChI is InChI=1S/C22H18FN3S2/c1-27-18-6-4-5-15(13-18)14-28-22-25-20(16-8-10-17(23)11-9-16)21(26-22)19-7-2-3-12-24-19/h2-13H,14H2,1H3,(H,25,26). The minimum atomic E-state index is -0.258. The highest BCUT2D eigenvalue weighted by atomic mass is 32.2. The minimum absolute atomic E-state index is 0.258. The topological polar surface area (TPSA) is 41.6 Å². The Bertz CT molecular complexity index is 1060. The van der Waals surface area contributed by atoms with Gasteiger partial charge in [0.1, 0.15) is 11.5 Å². The lowest BCUT2D eigenvalue weighted by molar-refractivity contribution is 0.628. The zero-order valence-electron chi connectivity index (χ0n) is 15.2. The molecule has 2 heterocycles. The van der Waals surface area contributed by atoms with E-state index in [1.54, 1.807) is 41.9 Å². The summed E-state index contributed by atoms with van der Waals surface area (Å²) in [5.74, 6) is 0.554. The highest BCUT2D eigenvalue weighted by Gasteiger charge is 2.15. The van der Waals surface area contributed by atoms with E-state index in [1.165, 1.54) is 22.6 Å². The molecule has 2 aromatic heterocycles. The fourth-order valence-corrected chi connectivity index (χ4v) is 4.14. The summed E-state index contributed by atoms with van der Waals surface area (Å²) in [6.07, 6.45) is 3.83. The molecule has 0 amide bonds. The largest absolute Gasteiger partial charge is 0.332 e. The number of benzene rings is 2. The number of aromatic amines is 1. The Balaban J connectivity index is 1.65. The molecule has 0 atom stereocenters. The van der Waals surface area contributed by atoms with E-state index in [4.69, 9.17) is 4.98 Å². The molecule has 4 rings (SSSR count). The molecular weight excluding hydrogens is 389 g/mol. The van der Waals surface area contributed by atoms with Crippen molar-refractivity contribution in [3.05, 3.63) is 84.3 Å². The number of hydrogen-bond donors (Lipinski definition) is 1. The average molecular weight is 408 g/mol. The Hall–Kier alpha value is -2.57. The quantitative estimate of drug-likeness (QED) is 0.381. The van der Waals surface area contributed by atoms with Crippen LogP contribution >= 0.6 is 23.5 Å². The van der Waals surface area contributed by atoms with Crippen molar-refractivity contribution >= 4 is 23.5 Å². The Morgan fingerprint density at radius 3 is 2.61 bits per heavy atom. The molecular formula is C22H18FN3S2. The monoisotopic (exact) mass is 407 g/mol. The van der Waals surface area contributed by atoms with Crippen LogP contribution in [-0.4, -0.2) is 21.2 Å². The van der Waals surface area contributed by atoms with Crippen LogP contribution in [0.2, 0.25) is 0 Å². The first-order chi connectivity index (χ1) is 13.7. The van der Waals surface area contributed by atoms with Gasteiger partial charge < -0.3 is 4.98 Å². The first kappa shape index (κ1) is 18.8. The van der Waals surface area contributed by atoms with Crippen molar-refractivity contribution in [2.75, 3.05) is 6.26 Å². The van der Waals surface area contributed by atoms with Crippen molar-refractivity contribution in [2.24, 2.45) is 0 Å². The van der Waals surface area contributed by atoms with Crippen LogP contribution in [0.3, 0.4) is 0 Å². The van der Waals surface area contributed by atoms with E-state index in [-0.39, 0.29) is 5.82 Å². The van der Waals surface area contributed by atoms with E-state index in [9.17, 15) is 4.39 Å². The summed E-state index contributed by atoms with van der Waals surface area (Å²) in [5.41, 5.74) is 4.53. The first-order valence-electron chi connectivity index (χ1n) is 8.76. The molecule has 0 radical (unpaired) electrons. The number of nitrogens with one attached hydrogen (secondary N) is 1. The van der Waals surface area contributed by atoms with Crippen LogP contribution in [0.4, 0.5) is 4.39 Å². The van der Waals surface area contributed by atoms with Gasteiger partial charge in [-0.15, -0.1) is 11.8 Å². The molecule has 0 fully saturated rings. The molecule has 28 heavy (non-hydrogen) atoms. The maximum absolute atomic E-state index is 13.4. The van der Waals surface area contributed by atoms with Gasteiger partial charge in [0.2, 0.25) is 0 Å². The fourth-order valence-electron chi connectivity index (χ4n) is 2.85. The molecule has 0 aliphatic rings. The van der Waals surface area contributed by atoms with Gasteiger partial charge in [-0.2, -0.15) is 0 Å². The summed E-state index contributed by atoms with van der Waals surface area (Å²) in [5, 5.41) is 0.814. The van der Waals surface area contributed by atoms with Crippen molar-refractivity contribution in [1.29, 1.82) is 0 Å². The molecule has 0 saturated heterocycles. The van der Waals surface area contributed by atoms with Gasteiger partial charge in [0, 0.05) is 22.4 Å². The van der Waals surface area contributed by atoms with Crippen LogP contribution in [0.1, 0.15) is 5.56 Å². The smallest absolute Gasteiger partial charge is 0.166 e. The predicted octanol–water partition coefficient (Wildman–Crippen LogP) is 6.29. The summed E-state index contributed by atoms with van der Waals surface area (Å²) in [7, 11) is 0. The number of halogens is 1. The first-order valence-corrected chi connectivity index (χ1v) is 11.0. The van der Waals surface area contributed by atoms with Crippen LogP contribution in [0, 0.1) is 5.82 Å². The van der Waals surface area contributed by atoms with Gasteiger partial charge in [-0.05, 0) is 60.4 Å². The summed E-state index contributed by atoms with van der Waals surface area (Å²) in [6, 6.07) is 20.7. The lowest BCUT2D eigenvalue weighted by atomic mass is 10.1. The molecule has 0 bridgehead atoms. The Labute approximate surface area is 171 Å². The third kappa shape index (κ3) is 4.29. The van der Waals surface area contributed by atoms with Crippen LogP contribution in [-0.2, 0) is 5.75 Å². The van der Waals surface area contributed by atoms with E-state index in [0.29, 0.717) is 0 Å². The van der Waals surface area contributed by atoms with E-state index < -0.39 is 0 Å². The molecule has 0 saturated carbocycles. The third-order valence-electron chi connectivity index (χ3n) is 4.23. The molecule has 0 unspecified atom stereocenters. The van der Waals surface area contributed by atoms with Gasteiger partial charge >= 0.3 is 0 Å². The number of pyridine rings is 1. The van der Waals surface area contributed by atoms with E-state index in [2.05, 4.69) is 40.5 Å². The van der Waals surface area contributed by atoms with E-state index in [0.717, 1.165) is 33.6 Å². The molecule has 2 aromatic carbocycles. The van der Waals surface area contributed by atoms with Gasteiger partial charge in [0.15, 0.2) is 5.16 Å². The third-order valence-corrected chi connectivity index (χ3v) is 5.90. The molecule has 6 heteroatoms. The fraction of sp³-hybridized carbons (Fsp3) is 0.0909. The SMILES string of the molecule is CSc1cccc(CSc2nc(-c3ccccn3)c(-c3ccc(F)cc3)[nH]2)c1. The lowest BCUT2D eigenvalue weighted by Crippen LogP contribution is -1.86. The number of aromatic nitrogens is 3. The van der Waals surface area contributed by atoms with Crippen molar-refractivity contribution < 1.29 is 4.39 Å². The van der Waals surface area contributed by atoms with Gasteiger partial charge in [-0.1, -0.05) is 30.0 Å². The molecule has 0 spiro atoms. The van der Waals surface area contributed by atoms with Crippen molar-refractivity contribution in [1.82, 2.24) is 15.0 Å². The molecule has 140 valence electrons. The van der Waals surface area contributed by atoms with Crippen LogP contribution < -0.4 is 0 Å². The van der Waals surface area contributed by atoms with Gasteiger partial charge in [-0.25, -0.2) is 9.37 Å². The number of imidazole rings is 1. The second-order valence-electron chi connectivity index (χ2n) is 6.13. The van der Waals surface area contributed by atoms with Crippen molar-refractivity contribution in [3.63, 3.8) is 0 Å². The molecule has 0 aliphatic heterocycles. The van der Waals surface area contributed by atoms with Gasteiger partial charge in [0.25, 0.3) is 0 Å². The zero-order valence-corrected chi connectivity index (χ0v) is 16.9. The summed E-state index contributed by atoms with van der Waals surface area (Å²) in [4.78, 5) is 13.9. The maximum Gasteiger partial charge on any atom is 0.166 e. The maximum atomic E-state index is 13.4. The normalized spacial score (nSPS) is 10.9. The lowest BCUT2D eigenvalue weighted by Gasteiger charge is -2.02. The Morgan fingerprint density at radius 2 is 1.86 bits per heavy atom. The number of rotatable bonds is 6. The van der Waals surface area contributed by atoms with Crippen LogP contribution in [0.5, 0.6) is 0 Å². The van der Waals surface area contributed by atoms with Gasteiger partial charge in [-0.3, -0.25) is 4.98 Å². The van der Waals surface area contributed by atoms with Crippen LogP contribution in [0.15, 0.2) is 83.0 Å². The van der Waals surface area contributed by atoms with E-state index in [1.807, 2.05) is 18.2 Å². The molecule has 3 nitrogen and oxygen atoms in total. The predicted molar refractivity (Wildman–Crippen MR) is 115 cm³/mol. The molecule has 0 aliphatic carbocycles. The highest BCUT2D eigenvalue weighted by Crippen LogP contribution is 2.33. The number of thioether (sulfide) groups is 2. The number of hydrogen-bond acceptors (Lipinski definition) is 4. The molecule has 4 aromatic rings. The Kier molecular flexibility index (Phi) is 5.78. The van der Waals surface area contributed by atoms with Gasteiger partial charge in [0.05, 0.1) is 11.4 Å². The molecule has 1 N–H and O–H groups in total.